The number of nitrogens with one attached hydrogen (secondary N) is 2. The third-order valence-electron chi connectivity index (χ3n) is 5.29. The molecule has 3 aromatic rings. The molecule has 0 spiro atoms. The van der Waals surface area contributed by atoms with Crippen LogP contribution in [0.4, 0.5) is 8.78 Å². The maximum Gasteiger partial charge on any atom is 0.180 e. The van der Waals surface area contributed by atoms with Crippen molar-refractivity contribution in [3.63, 3.8) is 0 Å². The van der Waals surface area contributed by atoms with E-state index < -0.39 is 5.82 Å². The Morgan fingerprint density at radius 1 is 1.11 bits per heavy atom. The molecule has 1 fully saturated rings. The fourth-order valence-corrected chi connectivity index (χ4v) is 3.63. The number of hydrogen-bond donors (Lipinski definition) is 2. The van der Waals surface area contributed by atoms with Gasteiger partial charge >= 0.3 is 0 Å². The van der Waals surface area contributed by atoms with E-state index in [-0.39, 0.29) is 16.9 Å². The zero-order chi connectivity index (χ0) is 19.5. The van der Waals surface area contributed by atoms with E-state index in [9.17, 15) is 4.39 Å². The molecule has 0 radical (unpaired) electrons. The van der Waals surface area contributed by atoms with Gasteiger partial charge in [0.2, 0.25) is 0 Å². The standard InChI is InChI=1S/C22H22F2N4/c1-14-5-8-17(9-6-14)25-12-16-3-2-4-19(21(16)24)18-10-7-15(11-20(18)23)22-26-13-27-28-22/h2-4,7,10-11,13,17,25H,1,5-6,8-9,12H2,(H,26,27,28). The third-order valence-corrected chi connectivity index (χ3v) is 5.29. The second-order valence-corrected chi connectivity index (χ2v) is 7.20. The summed E-state index contributed by atoms with van der Waals surface area (Å²) in [5.74, 6) is -0.490. The van der Waals surface area contributed by atoms with Crippen LogP contribution in [0.25, 0.3) is 22.5 Å². The first-order valence-corrected chi connectivity index (χ1v) is 9.45. The summed E-state index contributed by atoms with van der Waals surface area (Å²) < 4.78 is 29.8. The Morgan fingerprint density at radius 2 is 1.93 bits per heavy atom. The van der Waals surface area contributed by atoms with Gasteiger partial charge in [0.15, 0.2) is 5.82 Å². The molecule has 1 aliphatic carbocycles. The molecule has 4 nitrogen and oxygen atoms in total. The Hall–Kier alpha value is -2.86. The number of halogens is 2. The number of aromatic nitrogens is 3. The molecule has 2 aromatic carbocycles. The van der Waals surface area contributed by atoms with Gasteiger partial charge in [-0.2, -0.15) is 5.10 Å². The summed E-state index contributed by atoms with van der Waals surface area (Å²) in [6, 6.07) is 10.1. The first kappa shape index (κ1) is 18.5. The molecule has 0 unspecified atom stereocenters. The van der Waals surface area contributed by atoms with Gasteiger partial charge in [0, 0.05) is 34.8 Å². The van der Waals surface area contributed by atoms with Gasteiger partial charge in [0.25, 0.3) is 0 Å². The molecular formula is C22H22F2N4. The van der Waals surface area contributed by atoms with Crippen molar-refractivity contribution in [2.24, 2.45) is 0 Å². The van der Waals surface area contributed by atoms with Crippen LogP contribution in [0.15, 0.2) is 54.9 Å². The highest BCUT2D eigenvalue weighted by Crippen LogP contribution is 2.30. The molecule has 2 N–H and O–H groups in total. The molecule has 0 saturated heterocycles. The molecule has 1 saturated carbocycles. The molecule has 1 aliphatic rings. The van der Waals surface area contributed by atoms with Crippen molar-refractivity contribution >= 4 is 0 Å². The number of hydrogen-bond acceptors (Lipinski definition) is 3. The molecule has 4 rings (SSSR count). The molecule has 0 bridgehead atoms. The molecule has 6 heteroatoms. The van der Waals surface area contributed by atoms with Crippen LogP contribution in [-0.2, 0) is 6.54 Å². The Labute approximate surface area is 162 Å². The summed E-state index contributed by atoms with van der Waals surface area (Å²) >= 11 is 0. The highest BCUT2D eigenvalue weighted by Gasteiger charge is 2.18. The van der Waals surface area contributed by atoms with Crippen LogP contribution in [0, 0.1) is 11.6 Å². The molecule has 144 valence electrons. The van der Waals surface area contributed by atoms with E-state index in [2.05, 4.69) is 27.1 Å². The highest BCUT2D eigenvalue weighted by molar-refractivity contribution is 5.69. The lowest BCUT2D eigenvalue weighted by atomic mass is 9.91. The smallest absolute Gasteiger partial charge is 0.180 e. The summed E-state index contributed by atoms with van der Waals surface area (Å²) in [4.78, 5) is 4.01. The van der Waals surface area contributed by atoms with Gasteiger partial charge in [-0.05, 0) is 31.7 Å². The SMILES string of the molecule is C=C1CCC(NCc2cccc(-c3ccc(-c4nc[nH]n4)cc3F)c2F)CC1. The molecule has 1 aromatic heterocycles. The van der Waals surface area contributed by atoms with Crippen molar-refractivity contribution in [3.8, 4) is 22.5 Å². The van der Waals surface area contributed by atoms with Crippen molar-refractivity contribution in [1.29, 1.82) is 0 Å². The minimum atomic E-state index is -0.503. The molecule has 0 atom stereocenters. The van der Waals surface area contributed by atoms with E-state index in [1.165, 1.54) is 18.0 Å². The average Bonchev–Trinajstić information content (AvgIpc) is 3.24. The number of H-pyrrole nitrogens is 1. The van der Waals surface area contributed by atoms with Gasteiger partial charge in [-0.3, -0.25) is 5.10 Å². The van der Waals surface area contributed by atoms with Gasteiger partial charge in [0.05, 0.1) is 0 Å². The second kappa shape index (κ2) is 8.02. The normalized spacial score (nSPS) is 15.1. The van der Waals surface area contributed by atoms with Crippen LogP contribution >= 0.6 is 0 Å². The van der Waals surface area contributed by atoms with Crippen LogP contribution < -0.4 is 5.32 Å². The first-order chi connectivity index (χ1) is 13.6. The quantitative estimate of drug-likeness (QED) is 0.612. The maximum absolute atomic E-state index is 15.1. The monoisotopic (exact) mass is 380 g/mol. The van der Waals surface area contributed by atoms with Crippen molar-refractivity contribution in [1.82, 2.24) is 20.5 Å². The van der Waals surface area contributed by atoms with Gasteiger partial charge < -0.3 is 5.32 Å². The largest absolute Gasteiger partial charge is 0.310 e. The second-order valence-electron chi connectivity index (χ2n) is 7.20. The Morgan fingerprint density at radius 3 is 2.64 bits per heavy atom. The number of nitrogens with zero attached hydrogens (tertiary/aromatic N) is 2. The molecule has 0 aliphatic heterocycles. The molecule has 1 heterocycles. The Bertz CT molecular complexity index is 972. The zero-order valence-electron chi connectivity index (χ0n) is 15.5. The minimum absolute atomic E-state index is 0.229. The molecular weight excluding hydrogens is 358 g/mol. The number of aromatic amines is 1. The lowest BCUT2D eigenvalue weighted by Gasteiger charge is -2.24. The number of benzene rings is 2. The van der Waals surface area contributed by atoms with Crippen molar-refractivity contribution in [2.45, 2.75) is 38.3 Å². The van der Waals surface area contributed by atoms with E-state index in [1.54, 1.807) is 30.3 Å². The van der Waals surface area contributed by atoms with Crippen LogP contribution in [0.3, 0.4) is 0 Å². The zero-order valence-corrected chi connectivity index (χ0v) is 15.5. The van der Waals surface area contributed by atoms with Crippen molar-refractivity contribution in [3.05, 3.63) is 72.1 Å². The summed E-state index contributed by atoms with van der Waals surface area (Å²) in [6.45, 7) is 4.45. The first-order valence-electron chi connectivity index (χ1n) is 9.45. The lowest BCUT2D eigenvalue weighted by molar-refractivity contribution is 0.414. The van der Waals surface area contributed by atoms with E-state index in [0.29, 0.717) is 29.5 Å². The summed E-state index contributed by atoms with van der Waals surface area (Å²) in [7, 11) is 0. The fraction of sp³-hybridized carbons (Fsp3) is 0.273. The molecule has 0 amide bonds. The van der Waals surface area contributed by atoms with E-state index >= 15 is 4.39 Å². The maximum atomic E-state index is 15.1. The lowest BCUT2D eigenvalue weighted by Crippen LogP contribution is -2.31. The van der Waals surface area contributed by atoms with Crippen LogP contribution in [0.1, 0.15) is 31.2 Å². The third kappa shape index (κ3) is 3.87. The van der Waals surface area contributed by atoms with Gasteiger partial charge in [-0.1, -0.05) is 42.5 Å². The van der Waals surface area contributed by atoms with Crippen LogP contribution in [-0.4, -0.2) is 21.2 Å². The topological polar surface area (TPSA) is 53.6 Å². The van der Waals surface area contributed by atoms with E-state index in [1.807, 2.05) is 0 Å². The van der Waals surface area contributed by atoms with Crippen molar-refractivity contribution in [2.75, 3.05) is 0 Å². The van der Waals surface area contributed by atoms with Gasteiger partial charge in [-0.25, -0.2) is 13.8 Å². The summed E-state index contributed by atoms with van der Waals surface area (Å²) in [6.07, 6.45) is 5.51. The number of allylic oxidation sites excluding steroid dienone is 1. The van der Waals surface area contributed by atoms with E-state index in [4.69, 9.17) is 0 Å². The number of rotatable bonds is 5. The van der Waals surface area contributed by atoms with Crippen LogP contribution in [0.2, 0.25) is 0 Å². The Balaban J connectivity index is 1.54. The Kier molecular flexibility index (Phi) is 5.30. The predicted octanol–water partition coefficient (Wildman–Crippen LogP) is 5.01. The fourth-order valence-electron chi connectivity index (χ4n) is 3.63. The molecule has 28 heavy (non-hydrogen) atoms. The van der Waals surface area contributed by atoms with E-state index in [0.717, 1.165) is 25.7 Å². The van der Waals surface area contributed by atoms with Gasteiger partial charge in [0.1, 0.15) is 18.0 Å². The van der Waals surface area contributed by atoms with Crippen molar-refractivity contribution < 1.29 is 8.78 Å². The van der Waals surface area contributed by atoms with Gasteiger partial charge in [-0.15, -0.1) is 0 Å². The minimum Gasteiger partial charge on any atom is -0.310 e. The highest BCUT2D eigenvalue weighted by atomic mass is 19.1. The van der Waals surface area contributed by atoms with Crippen LogP contribution in [0.5, 0.6) is 0 Å². The summed E-state index contributed by atoms with van der Waals surface area (Å²) in [5, 5.41) is 9.97. The summed E-state index contributed by atoms with van der Waals surface area (Å²) in [5.41, 5.74) is 2.86. The predicted molar refractivity (Wildman–Crippen MR) is 105 cm³/mol. The average molecular weight is 380 g/mol.